The molecule has 1 heterocycles. The van der Waals surface area contributed by atoms with Crippen LogP contribution in [0.5, 0.6) is 5.75 Å². The van der Waals surface area contributed by atoms with E-state index in [1.54, 1.807) is 0 Å². The van der Waals surface area contributed by atoms with Gasteiger partial charge in [0.2, 0.25) is 0 Å². The molecule has 1 aliphatic heterocycles. The summed E-state index contributed by atoms with van der Waals surface area (Å²) in [4.78, 5) is 0. The van der Waals surface area contributed by atoms with Gasteiger partial charge in [-0.3, -0.25) is 0 Å². The Balaban J connectivity index is 1.57. The molecule has 0 bridgehead atoms. The zero-order valence-electron chi connectivity index (χ0n) is 16.3. The van der Waals surface area contributed by atoms with Crippen LogP contribution in [0, 0.1) is 18.8 Å². The van der Waals surface area contributed by atoms with Gasteiger partial charge in [0.05, 0.1) is 12.2 Å². The molecule has 1 saturated heterocycles. The van der Waals surface area contributed by atoms with Crippen molar-refractivity contribution in [1.29, 1.82) is 0 Å². The first-order valence-electron chi connectivity index (χ1n) is 10.1. The minimum atomic E-state index is 0.0601. The average Bonchev–Trinajstić information content (AvgIpc) is 2.61. The monoisotopic (exact) mass is 345 g/mol. The van der Waals surface area contributed by atoms with Crippen molar-refractivity contribution in [2.75, 3.05) is 6.54 Å². The van der Waals surface area contributed by atoms with Crippen LogP contribution in [0.1, 0.15) is 58.4 Å². The summed E-state index contributed by atoms with van der Waals surface area (Å²) in [5, 5.41) is 3.70. The summed E-state index contributed by atoms with van der Waals surface area (Å²) in [6, 6.07) is 9.05. The summed E-state index contributed by atoms with van der Waals surface area (Å²) in [6.45, 7) is 9.94. The van der Waals surface area contributed by atoms with Crippen molar-refractivity contribution >= 4 is 0 Å². The maximum atomic E-state index is 6.61. The topological polar surface area (TPSA) is 30.5 Å². The van der Waals surface area contributed by atoms with Gasteiger partial charge in [0.25, 0.3) is 0 Å². The molecule has 1 aliphatic carbocycles. The van der Waals surface area contributed by atoms with Crippen molar-refractivity contribution in [3.8, 4) is 5.75 Å². The standard InChI is InChI=1S/C22H35NO2/c1-15(2)22(17(4)24-19-9-7-16(3)8-10-19)25-20-11-12-21-18(14-20)6-5-13-23-21/h7-10,15,17-18,20-23H,5-6,11-14H2,1-4H3. The first-order valence-corrected chi connectivity index (χ1v) is 10.1. The highest BCUT2D eigenvalue weighted by Crippen LogP contribution is 2.34. The van der Waals surface area contributed by atoms with Crippen molar-refractivity contribution in [3.05, 3.63) is 29.8 Å². The van der Waals surface area contributed by atoms with E-state index in [9.17, 15) is 0 Å². The second-order valence-corrected chi connectivity index (χ2v) is 8.38. The lowest BCUT2D eigenvalue weighted by Gasteiger charge is -2.41. The number of benzene rings is 1. The highest BCUT2D eigenvalue weighted by Gasteiger charge is 2.35. The SMILES string of the molecule is Cc1ccc(OC(C)C(OC2CCC3NCCCC3C2)C(C)C)cc1. The molecule has 3 rings (SSSR count). The molecular weight excluding hydrogens is 310 g/mol. The third-order valence-corrected chi connectivity index (χ3v) is 5.90. The van der Waals surface area contributed by atoms with E-state index >= 15 is 0 Å². The summed E-state index contributed by atoms with van der Waals surface area (Å²) < 4.78 is 12.8. The molecular formula is C22H35NO2. The normalized spacial score (nSPS) is 29.1. The molecule has 25 heavy (non-hydrogen) atoms. The van der Waals surface area contributed by atoms with Crippen LogP contribution in [0.3, 0.4) is 0 Å². The van der Waals surface area contributed by atoms with Crippen LogP contribution < -0.4 is 10.1 Å². The van der Waals surface area contributed by atoms with Crippen LogP contribution >= 0.6 is 0 Å². The lowest BCUT2D eigenvalue weighted by Crippen LogP contribution is -2.48. The maximum absolute atomic E-state index is 6.61. The van der Waals surface area contributed by atoms with E-state index in [1.165, 1.54) is 44.2 Å². The number of hydrogen-bond acceptors (Lipinski definition) is 3. The molecule has 1 saturated carbocycles. The predicted molar refractivity (Wildman–Crippen MR) is 103 cm³/mol. The van der Waals surface area contributed by atoms with Gasteiger partial charge in [-0.2, -0.15) is 0 Å². The van der Waals surface area contributed by atoms with Crippen LogP contribution in [-0.2, 0) is 4.74 Å². The Kier molecular flexibility index (Phi) is 6.40. The third-order valence-electron chi connectivity index (χ3n) is 5.90. The largest absolute Gasteiger partial charge is 0.488 e. The van der Waals surface area contributed by atoms with E-state index < -0.39 is 0 Å². The minimum absolute atomic E-state index is 0.0601. The van der Waals surface area contributed by atoms with Gasteiger partial charge >= 0.3 is 0 Å². The Morgan fingerprint density at radius 2 is 1.80 bits per heavy atom. The van der Waals surface area contributed by atoms with Crippen molar-refractivity contribution in [2.45, 2.75) is 84.2 Å². The van der Waals surface area contributed by atoms with Crippen LogP contribution in [0.2, 0.25) is 0 Å². The highest BCUT2D eigenvalue weighted by molar-refractivity contribution is 5.26. The third kappa shape index (κ3) is 4.98. The molecule has 0 amide bonds. The van der Waals surface area contributed by atoms with Gasteiger partial charge in [0.15, 0.2) is 0 Å². The Morgan fingerprint density at radius 3 is 2.52 bits per heavy atom. The number of aryl methyl sites for hydroxylation is 1. The van der Waals surface area contributed by atoms with E-state index in [2.05, 4.69) is 57.3 Å². The van der Waals surface area contributed by atoms with Crippen LogP contribution in [0.4, 0.5) is 0 Å². The molecule has 5 unspecified atom stereocenters. The van der Waals surface area contributed by atoms with E-state index in [0.717, 1.165) is 17.7 Å². The second-order valence-electron chi connectivity index (χ2n) is 8.38. The van der Waals surface area contributed by atoms with E-state index in [-0.39, 0.29) is 12.2 Å². The molecule has 1 aromatic carbocycles. The Bertz CT molecular complexity index is 527. The van der Waals surface area contributed by atoms with Crippen LogP contribution in [-0.4, -0.2) is 30.9 Å². The van der Waals surface area contributed by atoms with Gasteiger partial charge in [-0.1, -0.05) is 31.5 Å². The molecule has 2 fully saturated rings. The zero-order chi connectivity index (χ0) is 17.8. The highest BCUT2D eigenvalue weighted by atomic mass is 16.5. The quantitative estimate of drug-likeness (QED) is 0.809. The summed E-state index contributed by atoms with van der Waals surface area (Å²) in [5.41, 5.74) is 1.26. The Hall–Kier alpha value is -1.06. The first-order chi connectivity index (χ1) is 12.0. The molecule has 1 aromatic rings. The van der Waals surface area contributed by atoms with Crippen molar-refractivity contribution < 1.29 is 9.47 Å². The maximum Gasteiger partial charge on any atom is 0.122 e. The molecule has 2 aliphatic rings. The Morgan fingerprint density at radius 1 is 1.04 bits per heavy atom. The summed E-state index contributed by atoms with van der Waals surface area (Å²) in [6.07, 6.45) is 6.90. The molecule has 0 aromatic heterocycles. The second kappa shape index (κ2) is 8.55. The lowest BCUT2D eigenvalue weighted by molar-refractivity contribution is -0.105. The van der Waals surface area contributed by atoms with Crippen LogP contribution in [0.15, 0.2) is 24.3 Å². The first kappa shape index (κ1) is 18.7. The smallest absolute Gasteiger partial charge is 0.122 e. The van der Waals surface area contributed by atoms with Gasteiger partial charge in [0, 0.05) is 6.04 Å². The summed E-state index contributed by atoms with van der Waals surface area (Å²) >= 11 is 0. The molecule has 0 spiro atoms. The fraction of sp³-hybridized carbons (Fsp3) is 0.727. The van der Waals surface area contributed by atoms with E-state index in [4.69, 9.17) is 9.47 Å². The summed E-state index contributed by atoms with van der Waals surface area (Å²) in [5.74, 6) is 2.18. The van der Waals surface area contributed by atoms with Crippen molar-refractivity contribution in [1.82, 2.24) is 5.32 Å². The molecule has 5 atom stereocenters. The molecule has 140 valence electrons. The van der Waals surface area contributed by atoms with Gasteiger partial charge in [-0.25, -0.2) is 0 Å². The van der Waals surface area contributed by atoms with Crippen molar-refractivity contribution in [3.63, 3.8) is 0 Å². The molecule has 3 nitrogen and oxygen atoms in total. The number of rotatable bonds is 6. The van der Waals surface area contributed by atoms with Gasteiger partial charge in [-0.15, -0.1) is 0 Å². The predicted octanol–water partition coefficient (Wildman–Crippen LogP) is 4.72. The minimum Gasteiger partial charge on any atom is -0.488 e. The van der Waals surface area contributed by atoms with E-state index in [1.807, 2.05) is 0 Å². The molecule has 1 N–H and O–H groups in total. The number of ether oxygens (including phenoxy) is 2. The fourth-order valence-corrected chi connectivity index (χ4v) is 4.51. The van der Waals surface area contributed by atoms with Crippen LogP contribution in [0.25, 0.3) is 0 Å². The Labute approximate surface area is 153 Å². The van der Waals surface area contributed by atoms with Crippen molar-refractivity contribution in [2.24, 2.45) is 11.8 Å². The number of piperidine rings is 1. The lowest BCUT2D eigenvalue weighted by atomic mass is 9.78. The average molecular weight is 346 g/mol. The zero-order valence-corrected chi connectivity index (χ0v) is 16.3. The van der Waals surface area contributed by atoms with Gasteiger partial charge in [0.1, 0.15) is 11.9 Å². The number of hydrogen-bond donors (Lipinski definition) is 1. The summed E-state index contributed by atoms with van der Waals surface area (Å²) in [7, 11) is 0. The fourth-order valence-electron chi connectivity index (χ4n) is 4.51. The van der Waals surface area contributed by atoms with Gasteiger partial charge < -0.3 is 14.8 Å². The number of fused-ring (bicyclic) bond motifs is 1. The van der Waals surface area contributed by atoms with E-state index in [0.29, 0.717) is 12.0 Å². The molecule has 3 heteroatoms. The van der Waals surface area contributed by atoms with Gasteiger partial charge in [-0.05, 0) is 76.5 Å². The molecule has 0 radical (unpaired) electrons. The number of nitrogens with one attached hydrogen (secondary N) is 1.